The fraction of sp³-hybridized carbons (Fsp3) is 0.333. The van der Waals surface area contributed by atoms with Crippen LogP contribution in [0.3, 0.4) is 0 Å². The molecule has 30 heavy (non-hydrogen) atoms. The van der Waals surface area contributed by atoms with E-state index in [1.807, 2.05) is 0 Å². The first-order valence-electron chi connectivity index (χ1n) is 9.20. The van der Waals surface area contributed by atoms with Gasteiger partial charge in [0.25, 0.3) is 0 Å². The van der Waals surface area contributed by atoms with Crippen molar-refractivity contribution < 1.29 is 31.9 Å². The van der Waals surface area contributed by atoms with Crippen molar-refractivity contribution in [3.63, 3.8) is 0 Å². The molecular formula is C21H24FNO6S. The van der Waals surface area contributed by atoms with Crippen molar-refractivity contribution in [2.75, 3.05) is 5.75 Å². The smallest absolute Gasteiger partial charge is 0.421 e. The molecule has 0 atom stereocenters. The highest BCUT2D eigenvalue weighted by Gasteiger charge is 2.21. The predicted octanol–water partition coefficient (Wildman–Crippen LogP) is 3.37. The SMILES string of the molecule is CC(C)(C)OC(=O)NS(=O)(=O)CCc1ccc(CC(=O)Oc2ccccc2)cc1F. The number of hydrogen-bond acceptors (Lipinski definition) is 6. The molecule has 0 heterocycles. The Bertz CT molecular complexity index is 1000. The van der Waals surface area contributed by atoms with Gasteiger partial charge in [-0.25, -0.2) is 22.3 Å². The van der Waals surface area contributed by atoms with E-state index in [0.29, 0.717) is 11.3 Å². The van der Waals surface area contributed by atoms with Crippen molar-refractivity contribution in [3.8, 4) is 5.75 Å². The van der Waals surface area contributed by atoms with Gasteiger partial charge in [0.2, 0.25) is 10.0 Å². The van der Waals surface area contributed by atoms with Gasteiger partial charge in [-0.05, 0) is 56.5 Å². The Kier molecular flexibility index (Phi) is 7.55. The van der Waals surface area contributed by atoms with E-state index in [1.54, 1.807) is 55.8 Å². The Hall–Kier alpha value is -2.94. The fourth-order valence-electron chi connectivity index (χ4n) is 2.45. The minimum Gasteiger partial charge on any atom is -0.443 e. The van der Waals surface area contributed by atoms with E-state index in [2.05, 4.69) is 0 Å². The van der Waals surface area contributed by atoms with Crippen LogP contribution in [0.5, 0.6) is 5.75 Å². The van der Waals surface area contributed by atoms with Crippen LogP contribution in [-0.4, -0.2) is 31.8 Å². The molecule has 0 aliphatic heterocycles. The molecule has 9 heteroatoms. The van der Waals surface area contributed by atoms with Gasteiger partial charge < -0.3 is 9.47 Å². The minimum absolute atomic E-state index is 0.134. The zero-order chi connectivity index (χ0) is 22.4. The number of amides is 1. The lowest BCUT2D eigenvalue weighted by molar-refractivity contribution is -0.133. The Morgan fingerprint density at radius 1 is 1.07 bits per heavy atom. The summed E-state index contributed by atoms with van der Waals surface area (Å²) in [5.74, 6) is -1.30. The summed E-state index contributed by atoms with van der Waals surface area (Å²) in [6.07, 6.45) is -1.38. The maximum Gasteiger partial charge on any atom is 0.421 e. The van der Waals surface area contributed by atoms with Crippen molar-refractivity contribution in [1.29, 1.82) is 0 Å². The average Bonchev–Trinajstić information content (AvgIpc) is 2.59. The fourth-order valence-corrected chi connectivity index (χ4v) is 3.33. The molecule has 0 aliphatic rings. The zero-order valence-electron chi connectivity index (χ0n) is 17.0. The lowest BCUT2D eigenvalue weighted by atomic mass is 10.1. The molecule has 0 saturated carbocycles. The van der Waals surface area contributed by atoms with Crippen LogP contribution in [0.4, 0.5) is 9.18 Å². The second-order valence-electron chi connectivity index (χ2n) is 7.56. The Balaban J connectivity index is 1.92. The van der Waals surface area contributed by atoms with E-state index in [9.17, 15) is 22.4 Å². The summed E-state index contributed by atoms with van der Waals surface area (Å²) in [6, 6.07) is 12.6. The highest BCUT2D eigenvalue weighted by atomic mass is 32.2. The summed E-state index contributed by atoms with van der Waals surface area (Å²) in [6.45, 7) is 4.81. The van der Waals surface area contributed by atoms with Crippen LogP contribution in [0.1, 0.15) is 31.9 Å². The first-order chi connectivity index (χ1) is 13.9. The summed E-state index contributed by atoms with van der Waals surface area (Å²) < 4.78 is 50.2. The van der Waals surface area contributed by atoms with Crippen molar-refractivity contribution in [1.82, 2.24) is 4.72 Å². The number of para-hydroxylation sites is 1. The van der Waals surface area contributed by atoms with Crippen LogP contribution in [0.15, 0.2) is 48.5 Å². The van der Waals surface area contributed by atoms with E-state index in [1.165, 1.54) is 12.1 Å². The average molecular weight is 437 g/mol. The number of carbonyl (C=O) groups is 2. The monoisotopic (exact) mass is 437 g/mol. The van der Waals surface area contributed by atoms with Crippen molar-refractivity contribution in [2.24, 2.45) is 0 Å². The number of sulfonamides is 1. The van der Waals surface area contributed by atoms with E-state index >= 15 is 0 Å². The van der Waals surface area contributed by atoms with E-state index in [-0.39, 0.29) is 18.4 Å². The molecule has 0 fully saturated rings. The Labute approximate surface area is 175 Å². The first kappa shape index (κ1) is 23.3. The second kappa shape index (κ2) is 9.71. The molecular weight excluding hydrogens is 413 g/mol. The van der Waals surface area contributed by atoms with E-state index in [4.69, 9.17) is 9.47 Å². The molecule has 7 nitrogen and oxygen atoms in total. The largest absolute Gasteiger partial charge is 0.443 e. The molecule has 2 rings (SSSR count). The number of aryl methyl sites for hydroxylation is 1. The highest BCUT2D eigenvalue weighted by Crippen LogP contribution is 2.15. The number of rotatable bonds is 7. The molecule has 1 N–H and O–H groups in total. The summed E-state index contributed by atoms with van der Waals surface area (Å²) in [7, 11) is -4.00. The molecule has 0 aromatic heterocycles. The van der Waals surface area contributed by atoms with Crippen LogP contribution >= 0.6 is 0 Å². The van der Waals surface area contributed by atoms with Crippen LogP contribution < -0.4 is 9.46 Å². The third-order valence-electron chi connectivity index (χ3n) is 3.72. The summed E-state index contributed by atoms with van der Waals surface area (Å²) in [4.78, 5) is 23.6. The van der Waals surface area contributed by atoms with Crippen molar-refractivity contribution in [3.05, 3.63) is 65.5 Å². The zero-order valence-corrected chi connectivity index (χ0v) is 17.8. The number of ether oxygens (including phenoxy) is 2. The van der Waals surface area contributed by atoms with Gasteiger partial charge in [0.1, 0.15) is 17.2 Å². The molecule has 2 aromatic rings. The van der Waals surface area contributed by atoms with Gasteiger partial charge >= 0.3 is 12.1 Å². The van der Waals surface area contributed by atoms with Crippen LogP contribution in [0.2, 0.25) is 0 Å². The van der Waals surface area contributed by atoms with Gasteiger partial charge in [-0.15, -0.1) is 0 Å². The van der Waals surface area contributed by atoms with Crippen LogP contribution in [-0.2, 0) is 32.4 Å². The van der Waals surface area contributed by atoms with E-state index in [0.717, 1.165) is 6.07 Å². The number of halogens is 1. The van der Waals surface area contributed by atoms with Gasteiger partial charge in [-0.1, -0.05) is 30.3 Å². The third-order valence-corrected chi connectivity index (χ3v) is 4.94. The molecule has 0 radical (unpaired) electrons. The number of nitrogens with one attached hydrogen (secondary N) is 1. The third kappa shape index (κ3) is 8.20. The van der Waals surface area contributed by atoms with E-state index < -0.39 is 39.3 Å². The molecule has 0 spiro atoms. The quantitative estimate of drug-likeness (QED) is 0.527. The van der Waals surface area contributed by atoms with Gasteiger partial charge in [-0.2, -0.15) is 0 Å². The van der Waals surface area contributed by atoms with Crippen molar-refractivity contribution >= 4 is 22.1 Å². The topological polar surface area (TPSA) is 98.8 Å². The summed E-state index contributed by atoms with van der Waals surface area (Å²) >= 11 is 0. The molecule has 0 bridgehead atoms. The molecule has 2 aromatic carbocycles. The molecule has 162 valence electrons. The summed E-state index contributed by atoms with van der Waals surface area (Å²) in [5, 5.41) is 0. The first-order valence-corrected chi connectivity index (χ1v) is 10.9. The lowest BCUT2D eigenvalue weighted by Gasteiger charge is -2.19. The molecule has 1 amide bonds. The number of benzene rings is 2. The van der Waals surface area contributed by atoms with Crippen LogP contribution in [0.25, 0.3) is 0 Å². The van der Waals surface area contributed by atoms with Crippen molar-refractivity contribution in [2.45, 2.75) is 39.2 Å². The summed E-state index contributed by atoms with van der Waals surface area (Å²) in [5.41, 5.74) is -0.305. The lowest BCUT2D eigenvalue weighted by Crippen LogP contribution is -2.37. The maximum atomic E-state index is 14.3. The molecule has 0 saturated heterocycles. The van der Waals surface area contributed by atoms with Gasteiger partial charge in [0.15, 0.2) is 0 Å². The van der Waals surface area contributed by atoms with Gasteiger partial charge in [-0.3, -0.25) is 4.79 Å². The molecule has 0 unspecified atom stereocenters. The maximum absolute atomic E-state index is 14.3. The normalized spacial score (nSPS) is 11.6. The molecule has 0 aliphatic carbocycles. The van der Waals surface area contributed by atoms with Gasteiger partial charge in [0, 0.05) is 0 Å². The number of hydrogen-bond donors (Lipinski definition) is 1. The number of esters is 1. The van der Waals surface area contributed by atoms with Gasteiger partial charge in [0.05, 0.1) is 12.2 Å². The second-order valence-corrected chi connectivity index (χ2v) is 9.40. The Morgan fingerprint density at radius 2 is 1.73 bits per heavy atom. The number of carbonyl (C=O) groups excluding carboxylic acids is 2. The minimum atomic E-state index is -4.00. The predicted molar refractivity (Wildman–Crippen MR) is 109 cm³/mol. The highest BCUT2D eigenvalue weighted by molar-refractivity contribution is 7.90. The Morgan fingerprint density at radius 3 is 2.33 bits per heavy atom. The standard InChI is InChI=1S/C21H24FNO6S/c1-21(2,3)29-20(25)23-30(26,27)12-11-16-10-9-15(13-18(16)22)14-19(24)28-17-7-5-4-6-8-17/h4-10,13H,11-12,14H2,1-3H3,(H,23,25). The van der Waals surface area contributed by atoms with Crippen LogP contribution in [0, 0.1) is 5.82 Å².